The summed E-state index contributed by atoms with van der Waals surface area (Å²) in [6.45, 7) is 7.75. The van der Waals surface area contributed by atoms with Crippen LogP contribution < -0.4 is 10.6 Å². The zero-order valence-corrected chi connectivity index (χ0v) is 12.8. The van der Waals surface area contributed by atoms with Crippen LogP contribution in [0.5, 0.6) is 0 Å². The van der Waals surface area contributed by atoms with Crippen molar-refractivity contribution in [3.05, 3.63) is 16.3 Å². The summed E-state index contributed by atoms with van der Waals surface area (Å²) in [6, 6.07) is -0.390. The third-order valence-electron chi connectivity index (χ3n) is 4.26. The van der Waals surface area contributed by atoms with Gasteiger partial charge < -0.3 is 0 Å². The first-order chi connectivity index (χ1) is 10.0. The Morgan fingerprint density at radius 3 is 2.90 bits per heavy atom. The Morgan fingerprint density at radius 1 is 1.48 bits per heavy atom. The number of nitroso groups, excluding NO2 is 1. The molecule has 0 fully saturated rings. The highest BCUT2D eigenvalue weighted by Crippen LogP contribution is 2.36. The average molecular weight is 293 g/mol. The maximum absolute atomic E-state index is 12.9. The zero-order valence-electron chi connectivity index (χ0n) is 12.8. The van der Waals surface area contributed by atoms with Gasteiger partial charge in [-0.3, -0.25) is 10.6 Å². The number of amides is 1. The lowest BCUT2D eigenvalue weighted by Gasteiger charge is -2.20. The number of fused-ring (bicyclic) bond motifs is 2. The first-order valence-corrected chi connectivity index (χ1v) is 7.69. The van der Waals surface area contributed by atoms with Crippen LogP contribution in [0.1, 0.15) is 33.6 Å². The highest BCUT2D eigenvalue weighted by atomic mass is 16.4. The average Bonchev–Trinajstić information content (AvgIpc) is 2.85. The van der Waals surface area contributed by atoms with Gasteiger partial charge in [-0.2, -0.15) is 0 Å². The molecule has 114 valence electrons. The normalized spacial score (nSPS) is 31.4. The lowest BCUT2D eigenvalue weighted by atomic mass is 10.0. The van der Waals surface area contributed by atoms with E-state index in [1.54, 1.807) is 0 Å². The van der Waals surface area contributed by atoms with Crippen LogP contribution in [0.25, 0.3) is 0 Å². The van der Waals surface area contributed by atoms with Crippen LogP contribution in [0.3, 0.4) is 0 Å². The second kappa shape index (κ2) is 4.99. The molecule has 1 amide bonds. The molecule has 0 bridgehead atoms. The molecule has 21 heavy (non-hydrogen) atoms. The second-order valence-corrected chi connectivity index (χ2v) is 6.31. The molecule has 0 aromatic carbocycles. The van der Waals surface area contributed by atoms with Gasteiger partial charge in [0.2, 0.25) is 0 Å². The van der Waals surface area contributed by atoms with Crippen molar-refractivity contribution < 1.29 is 14.3 Å². The quantitative estimate of drug-likeness (QED) is 0.589. The lowest BCUT2D eigenvalue weighted by Crippen LogP contribution is -2.58. The van der Waals surface area contributed by atoms with Gasteiger partial charge in [0, 0.05) is 6.54 Å². The smallest absolute Gasteiger partial charge is 0.277 e. The summed E-state index contributed by atoms with van der Waals surface area (Å²) in [5.74, 6) is 1.46. The fourth-order valence-electron chi connectivity index (χ4n) is 3.42. The van der Waals surface area contributed by atoms with Crippen molar-refractivity contribution in [2.24, 2.45) is 10.9 Å². The molecule has 0 aromatic heterocycles. The SMILES string of the molecule is CCC[N+]12C(=O)C(CC(C)C)N=C1C1=C(NCNC1)[N+]2=O. The van der Waals surface area contributed by atoms with E-state index >= 15 is 0 Å². The van der Waals surface area contributed by atoms with Crippen molar-refractivity contribution >= 4 is 11.7 Å². The monoisotopic (exact) mass is 293 g/mol. The van der Waals surface area contributed by atoms with E-state index in [4.69, 9.17) is 0 Å². The van der Waals surface area contributed by atoms with Crippen molar-refractivity contribution in [1.29, 1.82) is 0 Å². The number of hydrogen-bond acceptors (Lipinski definition) is 5. The molecular weight excluding hydrogens is 270 g/mol. The largest absolute Gasteiger partial charge is 0.389 e. The Hall–Kier alpha value is -1.60. The van der Waals surface area contributed by atoms with Crippen LogP contribution in [-0.4, -0.2) is 47.0 Å². The summed E-state index contributed by atoms with van der Waals surface area (Å²) in [7, 11) is 0. The van der Waals surface area contributed by atoms with E-state index in [1.807, 2.05) is 6.92 Å². The molecule has 2 atom stereocenters. The molecule has 3 rings (SSSR count). The topological polar surface area (TPSA) is 73.6 Å². The van der Waals surface area contributed by atoms with Gasteiger partial charge in [-0.05, 0) is 28.3 Å². The molecule has 3 heterocycles. The summed E-state index contributed by atoms with van der Waals surface area (Å²) in [5.41, 5.74) is 0.851. The van der Waals surface area contributed by atoms with E-state index in [2.05, 4.69) is 29.5 Å². The predicted octanol–water partition coefficient (Wildman–Crippen LogP) is 0.636. The Kier molecular flexibility index (Phi) is 3.41. The molecule has 0 aliphatic carbocycles. The van der Waals surface area contributed by atoms with Crippen LogP contribution in [-0.2, 0) is 4.79 Å². The molecular formula is C14H23N5O2+2. The van der Waals surface area contributed by atoms with Crippen LogP contribution in [0.15, 0.2) is 16.4 Å². The molecule has 2 N–H and O–H groups in total. The van der Waals surface area contributed by atoms with Gasteiger partial charge in [0.05, 0.1) is 0 Å². The fraction of sp³-hybridized carbons (Fsp3) is 0.714. The maximum Gasteiger partial charge on any atom is 0.389 e. The summed E-state index contributed by atoms with van der Waals surface area (Å²) in [5, 5.41) is 6.23. The number of amidine groups is 1. The Balaban J connectivity index is 2.06. The van der Waals surface area contributed by atoms with E-state index in [9.17, 15) is 9.70 Å². The van der Waals surface area contributed by atoms with Crippen molar-refractivity contribution in [2.45, 2.75) is 39.7 Å². The maximum atomic E-state index is 12.9. The summed E-state index contributed by atoms with van der Waals surface area (Å²) >= 11 is 0. The zero-order chi connectivity index (χ0) is 15.2. The first-order valence-electron chi connectivity index (χ1n) is 7.69. The van der Waals surface area contributed by atoms with Crippen molar-refractivity contribution in [1.82, 2.24) is 10.6 Å². The number of quaternary nitrogens is 1. The van der Waals surface area contributed by atoms with Gasteiger partial charge in [0.25, 0.3) is 5.84 Å². The minimum Gasteiger partial charge on any atom is -0.277 e. The molecule has 0 saturated carbocycles. The van der Waals surface area contributed by atoms with Crippen LogP contribution in [0.4, 0.5) is 0 Å². The number of carbonyl (C=O) groups is 1. The molecule has 3 aliphatic heterocycles. The molecule has 0 saturated heterocycles. The molecule has 0 aromatic rings. The van der Waals surface area contributed by atoms with Crippen molar-refractivity contribution in [2.75, 3.05) is 19.8 Å². The Labute approximate surface area is 124 Å². The highest BCUT2D eigenvalue weighted by Gasteiger charge is 2.68. The van der Waals surface area contributed by atoms with Gasteiger partial charge in [-0.25, -0.2) is 9.79 Å². The van der Waals surface area contributed by atoms with E-state index in [0.29, 0.717) is 43.8 Å². The number of hydrogen-bond donors (Lipinski definition) is 2. The molecule has 7 nitrogen and oxygen atoms in total. The predicted molar refractivity (Wildman–Crippen MR) is 77.8 cm³/mol. The fourth-order valence-corrected chi connectivity index (χ4v) is 3.42. The number of carbonyl (C=O) groups excluding carboxylic acids is 1. The van der Waals surface area contributed by atoms with Crippen molar-refractivity contribution in [3.8, 4) is 0 Å². The third kappa shape index (κ3) is 1.87. The van der Waals surface area contributed by atoms with E-state index in [1.165, 1.54) is 0 Å². The van der Waals surface area contributed by atoms with Gasteiger partial charge in [-0.1, -0.05) is 20.8 Å². The van der Waals surface area contributed by atoms with Crippen LogP contribution in [0, 0.1) is 10.8 Å². The van der Waals surface area contributed by atoms with Gasteiger partial charge in [-0.15, -0.1) is 0 Å². The molecule has 0 spiro atoms. The highest BCUT2D eigenvalue weighted by molar-refractivity contribution is 6.05. The Morgan fingerprint density at radius 2 is 2.24 bits per heavy atom. The first kappa shape index (κ1) is 14.3. The van der Waals surface area contributed by atoms with E-state index < -0.39 is 0 Å². The van der Waals surface area contributed by atoms with E-state index in [-0.39, 0.29) is 16.5 Å². The molecule has 7 heteroatoms. The summed E-state index contributed by atoms with van der Waals surface area (Å²) in [6.07, 6.45) is 1.45. The number of aliphatic imine (C=N–C) groups is 1. The van der Waals surface area contributed by atoms with Gasteiger partial charge in [0.1, 0.15) is 13.2 Å². The molecule has 0 radical (unpaired) electrons. The lowest BCUT2D eigenvalue weighted by molar-refractivity contribution is -1.22. The van der Waals surface area contributed by atoms with Gasteiger partial charge >= 0.3 is 11.7 Å². The Bertz CT molecular complexity index is 566. The van der Waals surface area contributed by atoms with E-state index in [0.717, 1.165) is 16.9 Å². The minimum absolute atomic E-state index is 0.0771. The number of rotatable bonds is 4. The number of nitrogens with zero attached hydrogens (tertiary/aromatic N) is 3. The summed E-state index contributed by atoms with van der Waals surface area (Å²) in [4.78, 5) is 31.2. The standard InChI is InChI=1S/C14H23N5O2/c1-4-5-19-13(17-11(14(19)20)6-9(2)3)10-7-15-8-16-12(10)18(19)21/h9,11,15-16H,4-8H2,1-3H3/q+2. The second-order valence-electron chi connectivity index (χ2n) is 6.31. The summed E-state index contributed by atoms with van der Waals surface area (Å²) < 4.78 is -0.271. The van der Waals surface area contributed by atoms with Gasteiger partial charge in [0.15, 0.2) is 16.5 Å². The van der Waals surface area contributed by atoms with Crippen LogP contribution in [0.2, 0.25) is 0 Å². The van der Waals surface area contributed by atoms with Crippen LogP contribution >= 0.6 is 0 Å². The molecule has 3 aliphatic rings. The minimum atomic E-state index is -0.390. The van der Waals surface area contributed by atoms with Crippen molar-refractivity contribution in [3.63, 3.8) is 0 Å². The number of nitrogens with one attached hydrogen (secondary N) is 2. The molecule has 2 unspecified atom stereocenters. The third-order valence-corrected chi connectivity index (χ3v) is 4.26.